The first-order valence-corrected chi connectivity index (χ1v) is 6.81. The second-order valence-electron chi connectivity index (χ2n) is 5.06. The molecule has 0 aliphatic carbocycles. The van der Waals surface area contributed by atoms with Crippen LogP contribution in [0.25, 0.3) is 0 Å². The van der Waals surface area contributed by atoms with E-state index in [9.17, 15) is 18.4 Å². The minimum Gasteiger partial charge on any atom is -0.342 e. The molecular weight excluding hydrogens is 254 g/mol. The third-order valence-electron chi connectivity index (χ3n) is 3.60. The maximum Gasteiger partial charge on any atom is 0.255 e. The normalized spacial score (nSPS) is 25.7. The average molecular weight is 276 g/mol. The first kappa shape index (κ1) is 15.9. The molecule has 0 aromatic heterocycles. The molecule has 1 heterocycles. The summed E-state index contributed by atoms with van der Waals surface area (Å²) in [7, 11) is 0. The van der Waals surface area contributed by atoms with Crippen molar-refractivity contribution in [2.24, 2.45) is 5.92 Å². The van der Waals surface area contributed by atoms with Gasteiger partial charge in [0.1, 0.15) is 12.1 Å². The summed E-state index contributed by atoms with van der Waals surface area (Å²) < 4.78 is 25.3. The lowest BCUT2D eigenvalue weighted by Crippen LogP contribution is -2.65. The van der Waals surface area contributed by atoms with Gasteiger partial charge in [0.05, 0.1) is 6.54 Å². The zero-order chi connectivity index (χ0) is 14.6. The van der Waals surface area contributed by atoms with Crippen LogP contribution in [0, 0.1) is 5.92 Å². The molecule has 0 saturated carbocycles. The van der Waals surface area contributed by atoms with Crippen LogP contribution in [0.15, 0.2) is 0 Å². The molecule has 19 heavy (non-hydrogen) atoms. The molecule has 1 fully saturated rings. The largest absolute Gasteiger partial charge is 0.342 e. The number of nitrogens with zero attached hydrogens (tertiary/aromatic N) is 1. The minimum absolute atomic E-state index is 0.134. The molecule has 0 aromatic carbocycles. The van der Waals surface area contributed by atoms with Crippen molar-refractivity contribution in [1.82, 2.24) is 10.2 Å². The maximum atomic E-state index is 12.6. The Morgan fingerprint density at radius 2 is 1.95 bits per heavy atom. The van der Waals surface area contributed by atoms with Crippen molar-refractivity contribution >= 4 is 11.8 Å². The number of amides is 2. The first-order chi connectivity index (χ1) is 8.92. The highest BCUT2D eigenvalue weighted by atomic mass is 19.3. The van der Waals surface area contributed by atoms with Gasteiger partial charge in [0.2, 0.25) is 11.8 Å². The molecule has 0 aromatic rings. The van der Waals surface area contributed by atoms with E-state index in [0.29, 0.717) is 19.3 Å². The van der Waals surface area contributed by atoms with Gasteiger partial charge in [0.25, 0.3) is 6.43 Å². The summed E-state index contributed by atoms with van der Waals surface area (Å²) in [6.07, 6.45) is -0.766. The third-order valence-corrected chi connectivity index (χ3v) is 3.60. The number of carbonyl (C=O) groups is 2. The highest BCUT2D eigenvalue weighted by Crippen LogP contribution is 2.22. The fourth-order valence-corrected chi connectivity index (χ4v) is 2.42. The second kappa shape index (κ2) is 6.82. The van der Waals surface area contributed by atoms with Gasteiger partial charge in [-0.1, -0.05) is 33.6 Å². The van der Waals surface area contributed by atoms with Crippen molar-refractivity contribution in [3.8, 4) is 0 Å². The topological polar surface area (TPSA) is 49.4 Å². The van der Waals surface area contributed by atoms with Crippen molar-refractivity contribution < 1.29 is 18.4 Å². The van der Waals surface area contributed by atoms with E-state index in [0.717, 1.165) is 4.90 Å². The second-order valence-corrected chi connectivity index (χ2v) is 5.06. The van der Waals surface area contributed by atoms with E-state index in [1.165, 1.54) is 0 Å². The van der Waals surface area contributed by atoms with E-state index >= 15 is 0 Å². The minimum atomic E-state index is -2.62. The Hall–Kier alpha value is -1.20. The molecule has 1 aliphatic rings. The molecule has 0 bridgehead atoms. The Balaban J connectivity index is 2.96. The number of halogens is 2. The van der Waals surface area contributed by atoms with Crippen molar-refractivity contribution in [1.29, 1.82) is 0 Å². The Labute approximate surface area is 112 Å². The monoisotopic (exact) mass is 276 g/mol. The van der Waals surface area contributed by atoms with Gasteiger partial charge >= 0.3 is 0 Å². The van der Waals surface area contributed by atoms with Crippen molar-refractivity contribution in [2.45, 2.75) is 58.5 Å². The molecule has 1 N–H and O–H groups in total. The predicted molar refractivity (Wildman–Crippen MR) is 67.8 cm³/mol. The number of alkyl halides is 2. The molecule has 1 saturated heterocycles. The summed E-state index contributed by atoms with van der Waals surface area (Å²) in [6, 6.07) is -1.43. The Bertz CT molecular complexity index is 337. The van der Waals surface area contributed by atoms with E-state index in [1.54, 1.807) is 6.92 Å². The van der Waals surface area contributed by atoms with E-state index < -0.39 is 25.1 Å². The van der Waals surface area contributed by atoms with Crippen molar-refractivity contribution in [2.75, 3.05) is 6.54 Å². The lowest BCUT2D eigenvalue weighted by Gasteiger charge is -2.41. The number of rotatable bonds is 6. The summed E-state index contributed by atoms with van der Waals surface area (Å²) in [5.74, 6) is -0.828. The number of hydrogen-bond donors (Lipinski definition) is 1. The molecular formula is C13H22F2N2O2. The lowest BCUT2D eigenvalue weighted by atomic mass is 9.92. The Kier molecular flexibility index (Phi) is 5.69. The van der Waals surface area contributed by atoms with Crippen LogP contribution in [0.4, 0.5) is 8.78 Å². The quantitative estimate of drug-likeness (QED) is 0.804. The molecule has 1 rings (SSSR count). The summed E-state index contributed by atoms with van der Waals surface area (Å²) in [5.41, 5.74) is 0. The van der Waals surface area contributed by atoms with Gasteiger partial charge in [0, 0.05) is 0 Å². The molecule has 2 amide bonds. The zero-order valence-corrected chi connectivity index (χ0v) is 11.7. The molecule has 3 unspecified atom stereocenters. The van der Waals surface area contributed by atoms with E-state index in [1.807, 2.05) is 13.8 Å². The molecule has 1 aliphatic heterocycles. The van der Waals surface area contributed by atoms with Crippen molar-refractivity contribution in [3.63, 3.8) is 0 Å². The predicted octanol–water partition coefficient (Wildman–Crippen LogP) is 1.79. The summed E-state index contributed by atoms with van der Waals surface area (Å²) in [5, 5.41) is 2.66. The van der Waals surface area contributed by atoms with Gasteiger partial charge < -0.3 is 10.2 Å². The van der Waals surface area contributed by atoms with Gasteiger partial charge in [-0.05, 0) is 12.3 Å². The molecule has 6 heteroatoms. The first-order valence-electron chi connectivity index (χ1n) is 6.81. The maximum absolute atomic E-state index is 12.6. The number of carbonyl (C=O) groups excluding carboxylic acids is 2. The van der Waals surface area contributed by atoms with Crippen LogP contribution < -0.4 is 5.32 Å². The fraction of sp³-hybridized carbons (Fsp3) is 0.846. The van der Waals surface area contributed by atoms with Crippen LogP contribution >= 0.6 is 0 Å². The van der Waals surface area contributed by atoms with E-state index in [4.69, 9.17) is 0 Å². The van der Waals surface area contributed by atoms with Crippen LogP contribution in [-0.4, -0.2) is 41.8 Å². The molecule has 3 atom stereocenters. The molecule has 110 valence electrons. The Morgan fingerprint density at radius 1 is 1.32 bits per heavy atom. The smallest absolute Gasteiger partial charge is 0.255 e. The van der Waals surface area contributed by atoms with Crippen LogP contribution in [0.3, 0.4) is 0 Å². The van der Waals surface area contributed by atoms with Crippen LogP contribution in [0.5, 0.6) is 0 Å². The average Bonchev–Trinajstić information content (AvgIpc) is 2.34. The van der Waals surface area contributed by atoms with Gasteiger partial charge in [0.15, 0.2) is 0 Å². The summed E-state index contributed by atoms with van der Waals surface area (Å²) >= 11 is 0. The van der Waals surface area contributed by atoms with E-state index in [-0.39, 0.29) is 17.7 Å². The third kappa shape index (κ3) is 3.64. The van der Waals surface area contributed by atoms with Crippen LogP contribution in [0.1, 0.15) is 40.0 Å². The fourth-order valence-electron chi connectivity index (χ4n) is 2.42. The lowest BCUT2D eigenvalue weighted by molar-refractivity contribution is -0.153. The molecule has 4 nitrogen and oxygen atoms in total. The van der Waals surface area contributed by atoms with Gasteiger partial charge in [-0.2, -0.15) is 0 Å². The highest BCUT2D eigenvalue weighted by Gasteiger charge is 2.42. The number of piperazine rings is 1. The highest BCUT2D eigenvalue weighted by molar-refractivity contribution is 5.97. The van der Waals surface area contributed by atoms with Crippen molar-refractivity contribution in [3.05, 3.63) is 0 Å². The van der Waals surface area contributed by atoms with Gasteiger partial charge in [-0.25, -0.2) is 8.78 Å². The number of nitrogens with one attached hydrogen (secondary N) is 1. The molecule has 0 spiro atoms. The zero-order valence-electron chi connectivity index (χ0n) is 11.7. The summed E-state index contributed by atoms with van der Waals surface area (Å²) in [4.78, 5) is 25.3. The number of hydrogen-bond acceptors (Lipinski definition) is 2. The van der Waals surface area contributed by atoms with Gasteiger partial charge in [-0.15, -0.1) is 0 Å². The standard InChI is InChI=1S/C13H22F2N2O2/c1-4-6-9-13(19)17(7-10(14)15)11(8(3)5-2)12(18)16-9/h8-11H,4-7H2,1-3H3,(H,16,18). The van der Waals surface area contributed by atoms with Gasteiger partial charge in [-0.3, -0.25) is 9.59 Å². The molecule has 0 radical (unpaired) electrons. The SMILES string of the molecule is CCCC1NC(=O)C(C(C)CC)N(CC(F)F)C1=O. The Morgan fingerprint density at radius 3 is 2.42 bits per heavy atom. The van der Waals surface area contributed by atoms with Crippen LogP contribution in [0.2, 0.25) is 0 Å². The van der Waals surface area contributed by atoms with E-state index in [2.05, 4.69) is 5.32 Å². The summed E-state index contributed by atoms with van der Waals surface area (Å²) in [6.45, 7) is 4.90. The van der Waals surface area contributed by atoms with Crippen LogP contribution in [-0.2, 0) is 9.59 Å².